The Morgan fingerprint density at radius 1 is 1.27 bits per heavy atom. The molecule has 0 saturated carbocycles. The summed E-state index contributed by atoms with van der Waals surface area (Å²) in [5.74, 6) is -0.702. The van der Waals surface area contributed by atoms with Gasteiger partial charge in [0.15, 0.2) is 0 Å². The number of hydrogen-bond donors (Lipinski definition) is 1. The number of nitrogens with one attached hydrogen (secondary N) is 1. The Morgan fingerprint density at radius 3 is 2.73 bits per heavy atom. The van der Waals surface area contributed by atoms with Gasteiger partial charge in [-0.2, -0.15) is 0 Å². The standard InChI is InChI=1S/C17H20N2O3/c1-3-5-11-6-4-7-12-10(2)19(17(22)15(11)12)13-8-9-14(20)18-16(13)21/h4,6-7,10,13H,3,5,8-9H2,1-2H3,(H,18,20,21). The molecule has 1 N–H and O–H groups in total. The quantitative estimate of drug-likeness (QED) is 0.868. The van der Waals surface area contributed by atoms with Crippen molar-refractivity contribution in [3.63, 3.8) is 0 Å². The van der Waals surface area contributed by atoms with Crippen molar-refractivity contribution in [3.8, 4) is 0 Å². The van der Waals surface area contributed by atoms with Crippen molar-refractivity contribution in [1.82, 2.24) is 10.2 Å². The minimum Gasteiger partial charge on any atom is -0.320 e. The average Bonchev–Trinajstić information content (AvgIpc) is 2.73. The van der Waals surface area contributed by atoms with E-state index in [0.717, 1.165) is 29.5 Å². The zero-order valence-electron chi connectivity index (χ0n) is 12.9. The molecule has 0 radical (unpaired) electrons. The molecule has 2 aliphatic rings. The van der Waals surface area contributed by atoms with Crippen molar-refractivity contribution >= 4 is 17.7 Å². The second-order valence-electron chi connectivity index (χ2n) is 5.99. The van der Waals surface area contributed by atoms with Gasteiger partial charge in [-0.3, -0.25) is 19.7 Å². The summed E-state index contributed by atoms with van der Waals surface area (Å²) in [4.78, 5) is 38.0. The van der Waals surface area contributed by atoms with Crippen LogP contribution in [0.25, 0.3) is 0 Å². The van der Waals surface area contributed by atoms with E-state index in [4.69, 9.17) is 0 Å². The Labute approximate surface area is 129 Å². The summed E-state index contributed by atoms with van der Waals surface area (Å²) in [5.41, 5.74) is 2.79. The summed E-state index contributed by atoms with van der Waals surface area (Å²) in [6.07, 6.45) is 2.50. The highest BCUT2D eigenvalue weighted by Gasteiger charge is 2.43. The fourth-order valence-corrected chi connectivity index (χ4v) is 3.52. The van der Waals surface area contributed by atoms with Gasteiger partial charge in [0.25, 0.3) is 5.91 Å². The number of carbonyl (C=O) groups is 3. The van der Waals surface area contributed by atoms with Gasteiger partial charge in [-0.25, -0.2) is 0 Å². The lowest BCUT2D eigenvalue weighted by Crippen LogP contribution is -2.53. The molecule has 3 rings (SSSR count). The summed E-state index contributed by atoms with van der Waals surface area (Å²) in [6.45, 7) is 4.03. The highest BCUT2D eigenvalue weighted by Crippen LogP contribution is 2.38. The number of imide groups is 1. The van der Waals surface area contributed by atoms with Crippen molar-refractivity contribution in [2.75, 3.05) is 0 Å². The maximum absolute atomic E-state index is 12.9. The number of carbonyl (C=O) groups excluding carboxylic acids is 3. The van der Waals surface area contributed by atoms with Gasteiger partial charge < -0.3 is 4.90 Å². The van der Waals surface area contributed by atoms with Crippen molar-refractivity contribution in [2.45, 2.75) is 51.6 Å². The second-order valence-corrected chi connectivity index (χ2v) is 5.99. The van der Waals surface area contributed by atoms with E-state index in [1.54, 1.807) is 4.90 Å². The SMILES string of the molecule is CCCc1cccc2c1C(=O)N(C1CCC(=O)NC1=O)C2C. The van der Waals surface area contributed by atoms with Crippen LogP contribution in [0.4, 0.5) is 0 Å². The molecule has 0 spiro atoms. The summed E-state index contributed by atoms with van der Waals surface area (Å²) >= 11 is 0. The van der Waals surface area contributed by atoms with Gasteiger partial charge in [0.1, 0.15) is 6.04 Å². The number of rotatable bonds is 3. The van der Waals surface area contributed by atoms with Crippen LogP contribution in [0.5, 0.6) is 0 Å². The summed E-state index contributed by atoms with van der Waals surface area (Å²) in [5, 5.41) is 2.34. The van der Waals surface area contributed by atoms with E-state index in [2.05, 4.69) is 12.2 Å². The Hall–Kier alpha value is -2.17. The second kappa shape index (κ2) is 5.55. The molecule has 0 bridgehead atoms. The van der Waals surface area contributed by atoms with Crippen LogP contribution >= 0.6 is 0 Å². The fraction of sp³-hybridized carbons (Fsp3) is 0.471. The number of hydrogen-bond acceptors (Lipinski definition) is 3. The van der Waals surface area contributed by atoms with Crippen LogP contribution in [0, 0.1) is 0 Å². The molecular weight excluding hydrogens is 280 g/mol. The first-order valence-electron chi connectivity index (χ1n) is 7.82. The Morgan fingerprint density at radius 2 is 2.05 bits per heavy atom. The predicted molar refractivity (Wildman–Crippen MR) is 81.2 cm³/mol. The number of piperidine rings is 1. The molecule has 2 unspecified atom stereocenters. The summed E-state index contributed by atoms with van der Waals surface area (Å²) < 4.78 is 0. The van der Waals surface area contributed by atoms with Crippen LogP contribution in [-0.4, -0.2) is 28.7 Å². The highest BCUT2D eigenvalue weighted by atomic mass is 16.2. The number of amides is 3. The van der Waals surface area contributed by atoms with Crippen molar-refractivity contribution < 1.29 is 14.4 Å². The third-order valence-electron chi connectivity index (χ3n) is 4.56. The average molecular weight is 300 g/mol. The van der Waals surface area contributed by atoms with E-state index in [0.29, 0.717) is 6.42 Å². The zero-order chi connectivity index (χ0) is 15.9. The summed E-state index contributed by atoms with van der Waals surface area (Å²) in [6, 6.07) is 5.23. The van der Waals surface area contributed by atoms with Crippen molar-refractivity contribution in [2.24, 2.45) is 0 Å². The van der Waals surface area contributed by atoms with Gasteiger partial charge in [-0.05, 0) is 30.9 Å². The van der Waals surface area contributed by atoms with Crippen LogP contribution < -0.4 is 5.32 Å². The molecule has 22 heavy (non-hydrogen) atoms. The molecule has 5 nitrogen and oxygen atoms in total. The van der Waals surface area contributed by atoms with Crippen LogP contribution in [0.3, 0.4) is 0 Å². The Bertz CT molecular complexity index is 653. The normalized spacial score (nSPS) is 24.5. The van der Waals surface area contributed by atoms with Gasteiger partial charge in [0, 0.05) is 12.0 Å². The van der Waals surface area contributed by atoms with E-state index in [-0.39, 0.29) is 30.2 Å². The largest absolute Gasteiger partial charge is 0.320 e. The molecular formula is C17H20N2O3. The summed E-state index contributed by atoms with van der Waals surface area (Å²) in [7, 11) is 0. The minimum absolute atomic E-state index is 0.0824. The van der Waals surface area contributed by atoms with E-state index in [1.165, 1.54) is 0 Å². The Kier molecular flexibility index (Phi) is 3.72. The molecule has 1 aromatic rings. The van der Waals surface area contributed by atoms with Gasteiger partial charge in [0.05, 0.1) is 6.04 Å². The van der Waals surface area contributed by atoms with Crippen LogP contribution in [0.15, 0.2) is 18.2 Å². The fourth-order valence-electron chi connectivity index (χ4n) is 3.52. The predicted octanol–water partition coefficient (Wildman–Crippen LogP) is 1.96. The molecule has 5 heteroatoms. The molecule has 2 atom stereocenters. The van der Waals surface area contributed by atoms with E-state index in [9.17, 15) is 14.4 Å². The van der Waals surface area contributed by atoms with Gasteiger partial charge >= 0.3 is 0 Å². The van der Waals surface area contributed by atoms with Gasteiger partial charge in [0.2, 0.25) is 11.8 Å². The Balaban J connectivity index is 1.96. The molecule has 2 aliphatic heterocycles. The zero-order valence-corrected chi connectivity index (χ0v) is 12.9. The maximum atomic E-state index is 12.9. The molecule has 0 aliphatic carbocycles. The molecule has 2 heterocycles. The molecule has 1 saturated heterocycles. The lowest BCUT2D eigenvalue weighted by Gasteiger charge is -2.32. The van der Waals surface area contributed by atoms with E-state index in [1.807, 2.05) is 25.1 Å². The number of aryl methyl sites for hydroxylation is 1. The topological polar surface area (TPSA) is 66.5 Å². The van der Waals surface area contributed by atoms with Crippen LogP contribution in [0.2, 0.25) is 0 Å². The molecule has 3 amide bonds. The van der Waals surface area contributed by atoms with E-state index < -0.39 is 6.04 Å². The molecule has 1 aromatic carbocycles. The number of nitrogens with zero attached hydrogens (tertiary/aromatic N) is 1. The van der Waals surface area contributed by atoms with Gasteiger partial charge in [-0.15, -0.1) is 0 Å². The van der Waals surface area contributed by atoms with Crippen LogP contribution in [0.1, 0.15) is 60.6 Å². The lowest BCUT2D eigenvalue weighted by molar-refractivity contribution is -0.137. The van der Waals surface area contributed by atoms with Crippen molar-refractivity contribution in [1.29, 1.82) is 0 Å². The van der Waals surface area contributed by atoms with E-state index >= 15 is 0 Å². The van der Waals surface area contributed by atoms with Crippen LogP contribution in [-0.2, 0) is 16.0 Å². The highest BCUT2D eigenvalue weighted by molar-refractivity contribution is 6.06. The first kappa shape index (κ1) is 14.8. The molecule has 0 aromatic heterocycles. The first-order valence-corrected chi connectivity index (χ1v) is 7.82. The lowest BCUT2D eigenvalue weighted by atomic mass is 9.97. The molecule has 116 valence electrons. The maximum Gasteiger partial charge on any atom is 0.255 e. The molecule has 1 fully saturated rings. The third kappa shape index (κ3) is 2.21. The first-order chi connectivity index (χ1) is 10.5. The van der Waals surface area contributed by atoms with Gasteiger partial charge in [-0.1, -0.05) is 31.5 Å². The minimum atomic E-state index is -0.554. The third-order valence-corrected chi connectivity index (χ3v) is 4.56. The monoisotopic (exact) mass is 300 g/mol. The van der Waals surface area contributed by atoms with Crippen molar-refractivity contribution in [3.05, 3.63) is 34.9 Å². The number of benzene rings is 1. The smallest absolute Gasteiger partial charge is 0.255 e. The number of fused-ring (bicyclic) bond motifs is 1.